The lowest BCUT2D eigenvalue weighted by atomic mass is 10.0. The van der Waals surface area contributed by atoms with Gasteiger partial charge in [0.05, 0.1) is 24.9 Å². The van der Waals surface area contributed by atoms with Gasteiger partial charge in [0, 0.05) is 6.07 Å². The van der Waals surface area contributed by atoms with Gasteiger partial charge in [0.2, 0.25) is 0 Å². The van der Waals surface area contributed by atoms with Gasteiger partial charge in [-0.05, 0) is 49.1 Å². The molecule has 4 rings (SSSR count). The fraction of sp³-hybridized carbons (Fsp3) is 0.360. The molecule has 1 aliphatic heterocycles. The minimum Gasteiger partial charge on any atom is -0.490 e. The number of benzene rings is 2. The van der Waals surface area contributed by atoms with Crippen molar-refractivity contribution in [2.75, 3.05) is 6.61 Å². The Kier molecular flexibility index (Phi) is 6.37. The lowest BCUT2D eigenvalue weighted by molar-refractivity contribution is 0.0613. The number of aromatic nitrogens is 2. The predicted molar refractivity (Wildman–Crippen MR) is 120 cm³/mol. The second-order valence-electron chi connectivity index (χ2n) is 7.96. The second-order valence-corrected chi connectivity index (χ2v) is 7.96. The topological polar surface area (TPSA) is 62.6 Å². The molecule has 2 aromatic carbocycles. The van der Waals surface area contributed by atoms with Crippen LogP contribution in [-0.2, 0) is 24.3 Å². The average molecular weight is 421 g/mol. The summed E-state index contributed by atoms with van der Waals surface area (Å²) in [4.78, 5) is 15.9. The molecular formula is C25H28N2O4. The molecular weight excluding hydrogens is 392 g/mol. The smallest absolute Gasteiger partial charge is 0.300 e. The van der Waals surface area contributed by atoms with Gasteiger partial charge in [0.25, 0.3) is 5.56 Å². The number of rotatable bonds is 8. The normalized spacial score (nSPS) is 15.0. The third-order valence-electron chi connectivity index (χ3n) is 5.28. The maximum Gasteiger partial charge on any atom is 0.300 e. The summed E-state index contributed by atoms with van der Waals surface area (Å²) in [5.41, 5.74) is 4.11. The number of ether oxygens (including phenoxy) is 3. The van der Waals surface area contributed by atoms with E-state index in [-0.39, 0.29) is 17.8 Å². The zero-order valence-electron chi connectivity index (χ0n) is 18.2. The van der Waals surface area contributed by atoms with Crippen molar-refractivity contribution in [1.29, 1.82) is 0 Å². The standard InChI is InChI=1S/C25H28N2O4/c1-4-18-5-7-19(8-6-18)20-9-11-22(12-10-20)30-16-23-14-27-21(15-29-17(2)3)13-24(28)26-25(27)31-23/h5-13,17,23H,4,14-16H2,1-3H3/t23-/m0/s1. The van der Waals surface area contributed by atoms with Gasteiger partial charge >= 0.3 is 6.01 Å². The number of fused-ring (bicyclic) bond motifs is 1. The zero-order valence-corrected chi connectivity index (χ0v) is 18.2. The first kappa shape index (κ1) is 21.1. The van der Waals surface area contributed by atoms with Crippen LogP contribution < -0.4 is 15.0 Å². The molecule has 6 nitrogen and oxygen atoms in total. The number of aryl methyl sites for hydroxylation is 1. The van der Waals surface area contributed by atoms with Gasteiger partial charge in [-0.1, -0.05) is 43.3 Å². The first-order valence-electron chi connectivity index (χ1n) is 10.7. The van der Waals surface area contributed by atoms with Crippen molar-refractivity contribution in [1.82, 2.24) is 9.55 Å². The molecule has 31 heavy (non-hydrogen) atoms. The van der Waals surface area contributed by atoms with E-state index in [4.69, 9.17) is 14.2 Å². The molecule has 2 heterocycles. The van der Waals surface area contributed by atoms with Crippen LogP contribution in [0.3, 0.4) is 0 Å². The monoisotopic (exact) mass is 420 g/mol. The van der Waals surface area contributed by atoms with Crippen LogP contribution in [0.4, 0.5) is 0 Å². The van der Waals surface area contributed by atoms with E-state index in [0.29, 0.717) is 25.8 Å². The fourth-order valence-electron chi connectivity index (χ4n) is 3.53. The minimum atomic E-state index is -0.322. The molecule has 0 aliphatic carbocycles. The molecule has 6 heteroatoms. The van der Waals surface area contributed by atoms with Gasteiger partial charge in [-0.25, -0.2) is 0 Å². The van der Waals surface area contributed by atoms with Gasteiger partial charge in [-0.3, -0.25) is 9.36 Å². The Morgan fingerprint density at radius 1 is 1.10 bits per heavy atom. The van der Waals surface area contributed by atoms with Crippen LogP contribution in [0.2, 0.25) is 0 Å². The third-order valence-corrected chi connectivity index (χ3v) is 5.28. The molecule has 162 valence electrons. The first-order chi connectivity index (χ1) is 15.0. The number of hydrogen-bond donors (Lipinski definition) is 0. The van der Waals surface area contributed by atoms with Crippen molar-refractivity contribution in [2.24, 2.45) is 0 Å². The Morgan fingerprint density at radius 2 is 1.77 bits per heavy atom. The molecule has 0 saturated heterocycles. The summed E-state index contributed by atoms with van der Waals surface area (Å²) in [6.45, 7) is 7.36. The average Bonchev–Trinajstić information content (AvgIpc) is 3.19. The Morgan fingerprint density at radius 3 is 2.42 bits per heavy atom. The van der Waals surface area contributed by atoms with E-state index in [1.54, 1.807) is 0 Å². The van der Waals surface area contributed by atoms with E-state index in [1.165, 1.54) is 17.2 Å². The van der Waals surface area contributed by atoms with Crippen LogP contribution in [0.15, 0.2) is 59.4 Å². The Labute approximate surface area is 182 Å². The van der Waals surface area contributed by atoms with Crippen molar-refractivity contribution in [3.63, 3.8) is 0 Å². The Hall–Kier alpha value is -3.12. The maximum absolute atomic E-state index is 11.9. The van der Waals surface area contributed by atoms with Crippen LogP contribution in [0.1, 0.15) is 32.0 Å². The number of nitrogens with zero attached hydrogens (tertiary/aromatic N) is 2. The minimum absolute atomic E-state index is 0.0773. The molecule has 0 saturated carbocycles. The first-order valence-corrected chi connectivity index (χ1v) is 10.7. The zero-order chi connectivity index (χ0) is 21.8. The highest BCUT2D eigenvalue weighted by Crippen LogP contribution is 2.25. The Balaban J connectivity index is 1.37. The maximum atomic E-state index is 11.9. The Bertz CT molecular complexity index is 1070. The molecule has 0 unspecified atom stereocenters. The van der Waals surface area contributed by atoms with E-state index in [9.17, 15) is 4.79 Å². The molecule has 1 atom stereocenters. The van der Waals surface area contributed by atoms with Crippen LogP contribution in [-0.4, -0.2) is 28.4 Å². The summed E-state index contributed by atoms with van der Waals surface area (Å²) in [6.07, 6.45) is 0.901. The van der Waals surface area contributed by atoms with Gasteiger partial charge in [0.1, 0.15) is 12.4 Å². The molecule has 0 bridgehead atoms. The summed E-state index contributed by atoms with van der Waals surface area (Å²) in [5, 5.41) is 0. The highest BCUT2D eigenvalue weighted by Gasteiger charge is 2.26. The van der Waals surface area contributed by atoms with Crippen LogP contribution in [0.5, 0.6) is 11.8 Å². The molecule has 1 aromatic heterocycles. The largest absolute Gasteiger partial charge is 0.490 e. The van der Waals surface area contributed by atoms with Gasteiger partial charge < -0.3 is 14.2 Å². The summed E-state index contributed by atoms with van der Waals surface area (Å²) in [7, 11) is 0. The third kappa shape index (κ3) is 5.14. The van der Waals surface area contributed by atoms with E-state index >= 15 is 0 Å². The highest BCUT2D eigenvalue weighted by atomic mass is 16.6. The summed E-state index contributed by atoms with van der Waals surface area (Å²) < 4.78 is 19.3. The van der Waals surface area contributed by atoms with Gasteiger partial charge in [-0.2, -0.15) is 4.98 Å². The van der Waals surface area contributed by atoms with Crippen molar-refractivity contribution < 1.29 is 14.2 Å². The SMILES string of the molecule is CCc1ccc(-c2ccc(OC[C@@H]3Cn4c(COC(C)C)cc(=O)nc4O3)cc2)cc1. The molecule has 1 aliphatic rings. The molecule has 0 amide bonds. The molecule has 0 spiro atoms. The van der Waals surface area contributed by atoms with Crippen LogP contribution in [0, 0.1) is 0 Å². The van der Waals surface area contributed by atoms with Gasteiger partial charge in [-0.15, -0.1) is 0 Å². The quantitative estimate of drug-likeness (QED) is 0.546. The number of hydrogen-bond acceptors (Lipinski definition) is 5. The summed E-state index contributed by atoms with van der Waals surface area (Å²) in [5.74, 6) is 0.777. The molecule has 3 aromatic rings. The van der Waals surface area contributed by atoms with E-state index < -0.39 is 0 Å². The van der Waals surface area contributed by atoms with Crippen molar-refractivity contribution >= 4 is 0 Å². The lowest BCUT2D eigenvalue weighted by Gasteiger charge is -2.12. The van der Waals surface area contributed by atoms with Crippen molar-refractivity contribution in [2.45, 2.75) is 52.6 Å². The molecule has 0 radical (unpaired) electrons. The van der Waals surface area contributed by atoms with Crippen LogP contribution in [0.25, 0.3) is 11.1 Å². The van der Waals surface area contributed by atoms with E-state index in [0.717, 1.165) is 23.4 Å². The van der Waals surface area contributed by atoms with Gasteiger partial charge in [0.15, 0.2) is 6.10 Å². The second kappa shape index (κ2) is 9.35. The molecule has 0 fully saturated rings. The highest BCUT2D eigenvalue weighted by molar-refractivity contribution is 5.64. The van der Waals surface area contributed by atoms with Crippen molar-refractivity contribution in [3.8, 4) is 22.9 Å². The summed E-state index contributed by atoms with van der Waals surface area (Å²) >= 11 is 0. The van der Waals surface area contributed by atoms with E-state index in [1.807, 2.05) is 30.5 Å². The fourth-order valence-corrected chi connectivity index (χ4v) is 3.53. The lowest BCUT2D eigenvalue weighted by Crippen LogP contribution is -2.23. The van der Waals surface area contributed by atoms with E-state index in [2.05, 4.69) is 48.3 Å². The van der Waals surface area contributed by atoms with Crippen molar-refractivity contribution in [3.05, 3.63) is 76.2 Å². The summed E-state index contributed by atoms with van der Waals surface area (Å²) in [6, 6.07) is 18.5. The predicted octanol–water partition coefficient (Wildman–Crippen LogP) is 4.24. The van der Waals surface area contributed by atoms with Crippen LogP contribution >= 0.6 is 0 Å². The molecule has 0 N–H and O–H groups in total.